The van der Waals surface area contributed by atoms with Crippen molar-refractivity contribution < 1.29 is 35.9 Å². The van der Waals surface area contributed by atoms with Gasteiger partial charge in [0.15, 0.2) is 11.3 Å². The second-order valence-electron chi connectivity index (χ2n) is 8.30. The van der Waals surface area contributed by atoms with Crippen LogP contribution in [-0.2, 0) is 17.1 Å². The van der Waals surface area contributed by atoms with Gasteiger partial charge in [-0.15, -0.1) is 0 Å². The van der Waals surface area contributed by atoms with Gasteiger partial charge in [-0.25, -0.2) is 15.1 Å². The molecule has 3 heterocycles. The van der Waals surface area contributed by atoms with Crippen molar-refractivity contribution in [1.29, 1.82) is 0 Å². The minimum Gasteiger partial charge on any atom is -0.487 e. The second kappa shape index (κ2) is 11.2. The van der Waals surface area contributed by atoms with E-state index < -0.39 is 40.9 Å². The molecule has 3 rings (SSSR count). The first-order valence-corrected chi connectivity index (χ1v) is 11.1. The van der Waals surface area contributed by atoms with Gasteiger partial charge in [-0.05, 0) is 19.8 Å². The van der Waals surface area contributed by atoms with Gasteiger partial charge in [0.2, 0.25) is 5.91 Å². The van der Waals surface area contributed by atoms with Gasteiger partial charge >= 0.3 is 12.4 Å². The number of nitrogens with zero attached hydrogens (tertiary/aromatic N) is 4. The van der Waals surface area contributed by atoms with E-state index in [4.69, 9.17) is 4.74 Å². The number of piperidine rings is 1. The van der Waals surface area contributed by atoms with Crippen LogP contribution in [0.25, 0.3) is 0 Å². The van der Waals surface area contributed by atoms with Gasteiger partial charge in [-0.1, -0.05) is 0 Å². The molecule has 0 radical (unpaired) electrons. The van der Waals surface area contributed by atoms with Crippen LogP contribution in [0.2, 0.25) is 0 Å². The lowest BCUT2D eigenvalue weighted by Crippen LogP contribution is -2.40. The predicted octanol–water partition coefficient (Wildman–Crippen LogP) is 2.75. The second-order valence-corrected chi connectivity index (χ2v) is 8.30. The SMILES string of the molecule is C[C@@H](CNCCC(=O)N1CCC(c2ncc(C(F)(F)F)cn2)CC1)Oc1cn[nH]c(=O)c1C(F)(F)F. The Hall–Kier alpha value is -3.23. The molecule has 0 aromatic carbocycles. The number of aromatic nitrogens is 4. The number of hydrogen-bond donors (Lipinski definition) is 2. The molecule has 36 heavy (non-hydrogen) atoms. The highest BCUT2D eigenvalue weighted by atomic mass is 19.4. The Morgan fingerprint density at radius 1 is 1.14 bits per heavy atom. The van der Waals surface area contributed by atoms with Gasteiger partial charge in [0.05, 0.1) is 11.8 Å². The van der Waals surface area contributed by atoms with E-state index in [0.29, 0.717) is 31.8 Å². The summed E-state index contributed by atoms with van der Waals surface area (Å²) in [6, 6.07) is 0. The summed E-state index contributed by atoms with van der Waals surface area (Å²) in [6.07, 6.45) is -6.70. The van der Waals surface area contributed by atoms with Crippen LogP contribution in [0.5, 0.6) is 5.75 Å². The number of likely N-dealkylation sites (tertiary alicyclic amines) is 1. The molecule has 15 heteroatoms. The van der Waals surface area contributed by atoms with Gasteiger partial charge < -0.3 is 15.0 Å². The Morgan fingerprint density at radius 3 is 2.36 bits per heavy atom. The molecular formula is C21H24F6N6O3. The molecule has 2 N–H and O–H groups in total. The van der Waals surface area contributed by atoms with E-state index in [1.807, 2.05) is 0 Å². The maximum atomic E-state index is 13.1. The molecule has 198 valence electrons. The Labute approximate surface area is 201 Å². The number of hydrogen-bond acceptors (Lipinski definition) is 7. The van der Waals surface area contributed by atoms with Gasteiger partial charge in [0.25, 0.3) is 5.56 Å². The first kappa shape index (κ1) is 27.4. The quantitative estimate of drug-likeness (QED) is 0.405. The lowest BCUT2D eigenvalue weighted by molar-refractivity contribution is -0.140. The van der Waals surface area contributed by atoms with Gasteiger partial charge in [0, 0.05) is 50.9 Å². The van der Waals surface area contributed by atoms with Crippen molar-refractivity contribution >= 4 is 5.91 Å². The third-order valence-electron chi connectivity index (χ3n) is 5.59. The highest BCUT2D eigenvalue weighted by Gasteiger charge is 2.38. The monoisotopic (exact) mass is 522 g/mol. The first-order valence-electron chi connectivity index (χ1n) is 11.1. The summed E-state index contributed by atoms with van der Waals surface area (Å²) in [6.45, 7) is 2.68. The zero-order valence-electron chi connectivity index (χ0n) is 19.1. The fourth-order valence-corrected chi connectivity index (χ4v) is 3.74. The molecular weight excluding hydrogens is 498 g/mol. The van der Waals surface area contributed by atoms with E-state index in [0.717, 1.165) is 18.6 Å². The summed E-state index contributed by atoms with van der Waals surface area (Å²) in [5, 5.41) is 7.99. The molecule has 1 amide bonds. The molecule has 2 aromatic rings. The molecule has 9 nitrogen and oxygen atoms in total. The number of halogens is 6. The lowest BCUT2D eigenvalue weighted by atomic mass is 9.95. The topological polar surface area (TPSA) is 113 Å². The number of alkyl halides is 6. The molecule has 0 unspecified atom stereocenters. The fraction of sp³-hybridized carbons (Fsp3) is 0.571. The Kier molecular flexibility index (Phi) is 8.53. The molecule has 1 atom stereocenters. The van der Waals surface area contributed by atoms with Crippen molar-refractivity contribution in [3.8, 4) is 5.75 Å². The molecule has 0 bridgehead atoms. The summed E-state index contributed by atoms with van der Waals surface area (Å²) >= 11 is 0. The maximum Gasteiger partial charge on any atom is 0.425 e. The Balaban J connectivity index is 1.40. The Bertz CT molecular complexity index is 1080. The molecule has 1 aliphatic rings. The Morgan fingerprint density at radius 2 is 1.78 bits per heavy atom. The number of amides is 1. The summed E-state index contributed by atoms with van der Waals surface area (Å²) in [5.41, 5.74) is -3.79. The van der Waals surface area contributed by atoms with Crippen molar-refractivity contribution in [3.05, 3.63) is 45.9 Å². The smallest absolute Gasteiger partial charge is 0.425 e. The van der Waals surface area contributed by atoms with Crippen molar-refractivity contribution in [2.24, 2.45) is 0 Å². The number of aromatic amines is 1. The van der Waals surface area contributed by atoms with Crippen LogP contribution >= 0.6 is 0 Å². The van der Waals surface area contributed by atoms with Crippen LogP contribution in [0, 0.1) is 0 Å². The van der Waals surface area contributed by atoms with Crippen LogP contribution in [0.3, 0.4) is 0 Å². The van der Waals surface area contributed by atoms with Crippen molar-refractivity contribution in [3.63, 3.8) is 0 Å². The minimum atomic E-state index is -4.91. The van der Waals surface area contributed by atoms with Crippen LogP contribution in [0.15, 0.2) is 23.4 Å². The van der Waals surface area contributed by atoms with Gasteiger partial charge in [-0.3, -0.25) is 9.59 Å². The van der Waals surface area contributed by atoms with Crippen LogP contribution in [0.1, 0.15) is 49.1 Å². The standard InChI is InChI=1S/C21H24F6N6O3/c1-12(36-15-11-31-32-19(35)17(15)21(25,26)27)8-28-5-2-16(34)33-6-3-13(4-7-33)18-29-9-14(10-30-18)20(22,23)24/h9-13,28H,2-8H2,1H3,(H,32,35)/t12-/m0/s1. The summed E-state index contributed by atoms with van der Waals surface area (Å²) in [7, 11) is 0. The van der Waals surface area contributed by atoms with Crippen LogP contribution in [-0.4, -0.2) is 63.3 Å². The van der Waals surface area contributed by atoms with E-state index in [9.17, 15) is 35.9 Å². The van der Waals surface area contributed by atoms with Crippen molar-refractivity contribution in [1.82, 2.24) is 30.4 Å². The van der Waals surface area contributed by atoms with Crippen LogP contribution in [0.4, 0.5) is 26.3 Å². The van der Waals surface area contributed by atoms with Gasteiger partial charge in [-0.2, -0.15) is 31.4 Å². The fourth-order valence-electron chi connectivity index (χ4n) is 3.74. The average molecular weight is 522 g/mol. The highest BCUT2D eigenvalue weighted by molar-refractivity contribution is 5.76. The molecule has 1 fully saturated rings. The molecule has 2 aromatic heterocycles. The molecule has 0 spiro atoms. The van der Waals surface area contributed by atoms with E-state index in [-0.39, 0.29) is 31.3 Å². The van der Waals surface area contributed by atoms with Gasteiger partial charge in [0.1, 0.15) is 11.9 Å². The number of rotatable bonds is 8. The third kappa shape index (κ3) is 7.15. The zero-order chi connectivity index (χ0) is 26.5. The average Bonchev–Trinajstić information content (AvgIpc) is 2.80. The molecule has 1 saturated heterocycles. The number of nitrogens with one attached hydrogen (secondary N) is 2. The number of ether oxygens (including phenoxy) is 1. The van der Waals surface area contributed by atoms with E-state index in [1.54, 1.807) is 10.00 Å². The minimum absolute atomic E-state index is 0.116. The third-order valence-corrected chi connectivity index (χ3v) is 5.59. The lowest BCUT2D eigenvalue weighted by Gasteiger charge is -2.31. The summed E-state index contributed by atoms with van der Waals surface area (Å²) in [4.78, 5) is 33.2. The van der Waals surface area contributed by atoms with Crippen molar-refractivity contribution in [2.75, 3.05) is 26.2 Å². The largest absolute Gasteiger partial charge is 0.487 e. The zero-order valence-corrected chi connectivity index (χ0v) is 19.1. The summed E-state index contributed by atoms with van der Waals surface area (Å²) < 4.78 is 82.4. The first-order chi connectivity index (χ1) is 16.9. The van der Waals surface area contributed by atoms with E-state index in [1.165, 1.54) is 6.92 Å². The highest BCUT2D eigenvalue weighted by Crippen LogP contribution is 2.33. The number of carbonyl (C=O) groups excluding carboxylic acids is 1. The molecule has 0 aliphatic carbocycles. The predicted molar refractivity (Wildman–Crippen MR) is 113 cm³/mol. The van der Waals surface area contributed by atoms with E-state index >= 15 is 0 Å². The number of H-pyrrole nitrogens is 1. The number of carbonyl (C=O) groups is 1. The normalized spacial score (nSPS) is 16.1. The maximum absolute atomic E-state index is 13.1. The molecule has 0 saturated carbocycles. The van der Waals surface area contributed by atoms with Crippen LogP contribution < -0.4 is 15.6 Å². The summed E-state index contributed by atoms with van der Waals surface area (Å²) in [5.74, 6) is -0.652. The molecule has 1 aliphatic heterocycles. The van der Waals surface area contributed by atoms with E-state index in [2.05, 4.69) is 20.4 Å². The van der Waals surface area contributed by atoms with Crippen molar-refractivity contribution in [2.45, 2.75) is 50.6 Å².